The average molecular weight is 267 g/mol. The minimum Gasteiger partial charge on any atom is -0.329 e. The SMILES string of the molecule is CC(C)n1cc(C=O)c2c(Br)ccnc21. The van der Waals surface area contributed by atoms with Gasteiger partial charge in [-0.15, -0.1) is 0 Å². The number of fused-ring (bicyclic) bond motifs is 1. The number of hydrogen-bond donors (Lipinski definition) is 0. The van der Waals surface area contributed by atoms with Crippen molar-refractivity contribution in [3.63, 3.8) is 0 Å². The van der Waals surface area contributed by atoms with Crippen LogP contribution >= 0.6 is 15.9 Å². The molecule has 0 bridgehead atoms. The van der Waals surface area contributed by atoms with Crippen LogP contribution in [0.1, 0.15) is 30.2 Å². The van der Waals surface area contributed by atoms with Crippen molar-refractivity contribution in [3.8, 4) is 0 Å². The molecule has 0 saturated heterocycles. The maximum Gasteiger partial charge on any atom is 0.152 e. The number of pyridine rings is 1. The smallest absolute Gasteiger partial charge is 0.152 e. The molecular weight excluding hydrogens is 256 g/mol. The predicted octanol–water partition coefficient (Wildman–Crippen LogP) is 3.19. The molecule has 0 fully saturated rings. The molecule has 0 aromatic carbocycles. The van der Waals surface area contributed by atoms with Crippen LogP contribution in [0.2, 0.25) is 0 Å². The van der Waals surface area contributed by atoms with Crippen molar-refractivity contribution in [2.45, 2.75) is 19.9 Å². The standard InChI is InChI=1S/C11H11BrN2O/c1-7(2)14-5-8(6-15)10-9(12)3-4-13-11(10)14/h3-7H,1-2H3. The fourth-order valence-electron chi connectivity index (χ4n) is 1.65. The lowest BCUT2D eigenvalue weighted by molar-refractivity contribution is 0.112. The van der Waals surface area contributed by atoms with Crippen molar-refractivity contribution in [1.82, 2.24) is 9.55 Å². The molecule has 0 radical (unpaired) electrons. The van der Waals surface area contributed by atoms with E-state index < -0.39 is 0 Å². The minimum absolute atomic E-state index is 0.294. The van der Waals surface area contributed by atoms with Gasteiger partial charge in [0, 0.05) is 33.9 Å². The first kappa shape index (κ1) is 10.4. The summed E-state index contributed by atoms with van der Waals surface area (Å²) >= 11 is 3.44. The zero-order valence-electron chi connectivity index (χ0n) is 8.57. The molecular formula is C11H11BrN2O. The normalized spacial score (nSPS) is 11.2. The second-order valence-corrected chi connectivity index (χ2v) is 4.55. The van der Waals surface area contributed by atoms with Gasteiger partial charge in [-0.1, -0.05) is 0 Å². The van der Waals surface area contributed by atoms with Crippen LogP contribution in [0.15, 0.2) is 22.9 Å². The van der Waals surface area contributed by atoms with Gasteiger partial charge >= 0.3 is 0 Å². The van der Waals surface area contributed by atoms with E-state index in [4.69, 9.17) is 0 Å². The molecule has 0 unspecified atom stereocenters. The van der Waals surface area contributed by atoms with Crippen molar-refractivity contribution in [2.75, 3.05) is 0 Å². The molecule has 0 amide bonds. The van der Waals surface area contributed by atoms with E-state index in [0.717, 1.165) is 21.8 Å². The summed E-state index contributed by atoms with van der Waals surface area (Å²) in [4.78, 5) is 15.3. The van der Waals surface area contributed by atoms with Crippen molar-refractivity contribution in [1.29, 1.82) is 0 Å². The van der Waals surface area contributed by atoms with Gasteiger partial charge in [-0.25, -0.2) is 4.98 Å². The quantitative estimate of drug-likeness (QED) is 0.783. The van der Waals surface area contributed by atoms with Crippen molar-refractivity contribution < 1.29 is 4.79 Å². The minimum atomic E-state index is 0.294. The molecule has 0 N–H and O–H groups in total. The largest absolute Gasteiger partial charge is 0.329 e. The van der Waals surface area contributed by atoms with E-state index in [-0.39, 0.29) is 0 Å². The molecule has 2 aromatic rings. The highest BCUT2D eigenvalue weighted by molar-refractivity contribution is 9.10. The van der Waals surface area contributed by atoms with Crippen LogP contribution in [-0.4, -0.2) is 15.8 Å². The number of halogens is 1. The number of aldehydes is 1. The van der Waals surface area contributed by atoms with Gasteiger partial charge < -0.3 is 4.57 Å². The zero-order chi connectivity index (χ0) is 11.0. The third-order valence-electron chi connectivity index (χ3n) is 2.37. The molecule has 0 aliphatic rings. The van der Waals surface area contributed by atoms with Gasteiger partial charge in [-0.3, -0.25) is 4.79 Å². The molecule has 0 saturated carbocycles. The van der Waals surface area contributed by atoms with Gasteiger partial charge in [0.2, 0.25) is 0 Å². The summed E-state index contributed by atoms with van der Waals surface area (Å²) in [5.74, 6) is 0. The third-order valence-corrected chi connectivity index (χ3v) is 3.04. The van der Waals surface area contributed by atoms with E-state index in [1.807, 2.05) is 16.8 Å². The van der Waals surface area contributed by atoms with E-state index >= 15 is 0 Å². The monoisotopic (exact) mass is 266 g/mol. The fourth-order valence-corrected chi connectivity index (χ4v) is 2.17. The summed E-state index contributed by atoms with van der Waals surface area (Å²) in [5.41, 5.74) is 1.53. The van der Waals surface area contributed by atoms with E-state index in [2.05, 4.69) is 34.8 Å². The molecule has 2 aromatic heterocycles. The van der Waals surface area contributed by atoms with Crippen LogP contribution in [0, 0.1) is 0 Å². The fraction of sp³-hybridized carbons (Fsp3) is 0.273. The Morgan fingerprint density at radius 2 is 2.27 bits per heavy atom. The highest BCUT2D eigenvalue weighted by Crippen LogP contribution is 2.28. The van der Waals surface area contributed by atoms with Crippen molar-refractivity contribution in [2.24, 2.45) is 0 Å². The maximum absolute atomic E-state index is 10.9. The van der Waals surface area contributed by atoms with Crippen LogP contribution in [0.4, 0.5) is 0 Å². The molecule has 15 heavy (non-hydrogen) atoms. The van der Waals surface area contributed by atoms with Crippen LogP contribution in [-0.2, 0) is 0 Å². The Labute approximate surface area is 96.2 Å². The summed E-state index contributed by atoms with van der Waals surface area (Å²) in [7, 11) is 0. The molecule has 2 rings (SSSR count). The average Bonchev–Trinajstić information content (AvgIpc) is 2.58. The topological polar surface area (TPSA) is 34.9 Å². The molecule has 0 aliphatic heterocycles. The van der Waals surface area contributed by atoms with E-state index in [9.17, 15) is 4.79 Å². The molecule has 2 heterocycles. The molecule has 0 spiro atoms. The Morgan fingerprint density at radius 1 is 1.53 bits per heavy atom. The predicted molar refractivity (Wildman–Crippen MR) is 63.2 cm³/mol. The second kappa shape index (κ2) is 3.77. The van der Waals surface area contributed by atoms with Gasteiger partial charge in [-0.2, -0.15) is 0 Å². The number of rotatable bonds is 2. The van der Waals surface area contributed by atoms with E-state index in [1.54, 1.807) is 6.20 Å². The molecule has 0 aliphatic carbocycles. The number of hydrogen-bond acceptors (Lipinski definition) is 2. The van der Waals surface area contributed by atoms with Gasteiger partial charge in [0.15, 0.2) is 6.29 Å². The van der Waals surface area contributed by atoms with Gasteiger partial charge in [0.1, 0.15) is 5.65 Å². The molecule has 4 heteroatoms. The van der Waals surface area contributed by atoms with E-state index in [1.165, 1.54) is 0 Å². The lowest BCUT2D eigenvalue weighted by Gasteiger charge is -2.07. The van der Waals surface area contributed by atoms with Gasteiger partial charge in [0.05, 0.1) is 0 Å². The lowest BCUT2D eigenvalue weighted by Crippen LogP contribution is -1.99. The summed E-state index contributed by atoms with van der Waals surface area (Å²) < 4.78 is 2.91. The zero-order valence-corrected chi connectivity index (χ0v) is 10.2. The van der Waals surface area contributed by atoms with Crippen LogP contribution < -0.4 is 0 Å². The maximum atomic E-state index is 10.9. The van der Waals surface area contributed by atoms with Crippen LogP contribution in [0.5, 0.6) is 0 Å². The molecule has 0 atom stereocenters. The highest BCUT2D eigenvalue weighted by atomic mass is 79.9. The Balaban J connectivity index is 2.87. The van der Waals surface area contributed by atoms with Gasteiger partial charge in [0.25, 0.3) is 0 Å². The van der Waals surface area contributed by atoms with E-state index in [0.29, 0.717) is 11.6 Å². The Kier molecular flexibility index (Phi) is 2.61. The number of nitrogens with zero attached hydrogens (tertiary/aromatic N) is 2. The molecule has 3 nitrogen and oxygen atoms in total. The first-order chi connectivity index (χ1) is 7.15. The second-order valence-electron chi connectivity index (χ2n) is 3.69. The Bertz CT molecular complexity index is 517. The Morgan fingerprint density at radius 3 is 2.87 bits per heavy atom. The van der Waals surface area contributed by atoms with Crippen molar-refractivity contribution >= 4 is 33.2 Å². The first-order valence-corrected chi connectivity index (χ1v) is 5.54. The number of carbonyl (C=O) groups excluding carboxylic acids is 1. The Hall–Kier alpha value is -1.16. The number of carbonyl (C=O) groups is 1. The van der Waals surface area contributed by atoms with Gasteiger partial charge in [-0.05, 0) is 35.8 Å². The van der Waals surface area contributed by atoms with Crippen LogP contribution in [0.3, 0.4) is 0 Å². The summed E-state index contributed by atoms with van der Waals surface area (Å²) in [6, 6.07) is 2.14. The lowest BCUT2D eigenvalue weighted by atomic mass is 10.2. The summed E-state index contributed by atoms with van der Waals surface area (Å²) in [5, 5.41) is 0.890. The van der Waals surface area contributed by atoms with Crippen LogP contribution in [0.25, 0.3) is 11.0 Å². The first-order valence-electron chi connectivity index (χ1n) is 4.75. The summed E-state index contributed by atoms with van der Waals surface area (Å²) in [6.07, 6.45) is 4.45. The molecule has 78 valence electrons. The highest BCUT2D eigenvalue weighted by Gasteiger charge is 2.13. The summed E-state index contributed by atoms with van der Waals surface area (Å²) in [6.45, 7) is 4.13. The van der Waals surface area contributed by atoms with Crippen molar-refractivity contribution in [3.05, 3.63) is 28.5 Å². The number of aromatic nitrogens is 2. The third kappa shape index (κ3) is 1.59.